The third-order valence-electron chi connectivity index (χ3n) is 6.75. The van der Waals surface area contributed by atoms with Crippen LogP contribution in [0.5, 0.6) is 0 Å². The van der Waals surface area contributed by atoms with E-state index in [4.69, 9.17) is 9.47 Å². The molecule has 1 heterocycles. The van der Waals surface area contributed by atoms with Gasteiger partial charge in [-0.2, -0.15) is 8.78 Å². The second-order valence-corrected chi connectivity index (χ2v) is 10.2. The fourth-order valence-corrected chi connectivity index (χ4v) is 5.24. The number of ether oxygens (including phenoxy) is 2. The number of unbranched alkanes of at least 4 members (excludes halogenated alkanes) is 2. The first-order valence-electron chi connectivity index (χ1n) is 11.6. The summed E-state index contributed by atoms with van der Waals surface area (Å²) in [4.78, 5) is -3.77. The average Bonchev–Trinajstić information content (AvgIpc) is 2.72. The Balaban J connectivity index is 1.41. The largest absolute Gasteiger partial charge is 0.348 e. The van der Waals surface area contributed by atoms with Crippen LogP contribution in [0.15, 0.2) is 12.1 Å². The summed E-state index contributed by atoms with van der Waals surface area (Å²) in [6.45, 7) is 3.13. The Morgan fingerprint density at radius 3 is 1.90 bits per heavy atom. The topological polar surface area (TPSA) is 18.5 Å². The Morgan fingerprint density at radius 2 is 1.39 bits per heavy atom. The summed E-state index contributed by atoms with van der Waals surface area (Å²) < 4.78 is 66.0. The van der Waals surface area contributed by atoms with Gasteiger partial charge in [0, 0.05) is 11.5 Å². The highest BCUT2D eigenvalue weighted by atomic mass is 79.9. The van der Waals surface area contributed by atoms with Crippen molar-refractivity contribution >= 4 is 15.9 Å². The highest BCUT2D eigenvalue weighted by Gasteiger charge is 2.36. The molecule has 1 saturated carbocycles. The Morgan fingerprint density at radius 1 is 0.871 bits per heavy atom. The van der Waals surface area contributed by atoms with Crippen LogP contribution in [0.3, 0.4) is 0 Å². The predicted octanol–water partition coefficient (Wildman–Crippen LogP) is 8.24. The number of alkyl halides is 3. The van der Waals surface area contributed by atoms with Crippen LogP contribution in [0, 0.1) is 29.4 Å². The van der Waals surface area contributed by atoms with Crippen LogP contribution in [0.4, 0.5) is 17.6 Å². The summed E-state index contributed by atoms with van der Waals surface area (Å²) in [5.74, 6) is -0.726. The van der Waals surface area contributed by atoms with Gasteiger partial charge in [0.1, 0.15) is 17.2 Å². The van der Waals surface area contributed by atoms with Gasteiger partial charge in [0.2, 0.25) is 0 Å². The quantitative estimate of drug-likeness (QED) is 0.190. The van der Waals surface area contributed by atoms with Crippen LogP contribution in [0.2, 0.25) is 0 Å². The fourth-order valence-electron chi connectivity index (χ4n) is 4.87. The predicted molar refractivity (Wildman–Crippen MR) is 116 cm³/mol. The van der Waals surface area contributed by atoms with Gasteiger partial charge in [-0.15, -0.1) is 0 Å². The van der Waals surface area contributed by atoms with Crippen molar-refractivity contribution in [2.45, 2.75) is 82.3 Å². The minimum absolute atomic E-state index is 0.0790. The standard InChI is InChI=1S/C24H33BrF4O2/c1-2-3-4-5-16-6-8-17(9-7-16)10-11-18-14-30-23(31-15-18)19-12-20(26)22(21(27)13-19)24(25,28)29/h12-13,16-18,23H,2-11,14-15H2,1H3. The summed E-state index contributed by atoms with van der Waals surface area (Å²) in [6, 6.07) is 1.72. The van der Waals surface area contributed by atoms with E-state index in [0.29, 0.717) is 13.2 Å². The zero-order chi connectivity index (χ0) is 22.4. The van der Waals surface area contributed by atoms with E-state index in [0.717, 1.165) is 36.8 Å². The summed E-state index contributed by atoms with van der Waals surface area (Å²) in [6.07, 6.45) is 11.9. The molecule has 1 aliphatic heterocycles. The van der Waals surface area contributed by atoms with Gasteiger partial charge < -0.3 is 9.47 Å². The minimum atomic E-state index is -3.77. The fraction of sp³-hybridized carbons (Fsp3) is 0.750. The Labute approximate surface area is 191 Å². The van der Waals surface area contributed by atoms with Gasteiger partial charge >= 0.3 is 4.83 Å². The van der Waals surface area contributed by atoms with Crippen LogP contribution < -0.4 is 0 Å². The molecule has 0 atom stereocenters. The highest BCUT2D eigenvalue weighted by Crippen LogP contribution is 2.40. The van der Waals surface area contributed by atoms with Gasteiger partial charge in [0.25, 0.3) is 0 Å². The molecule has 0 N–H and O–H groups in total. The molecular formula is C24H33BrF4O2. The van der Waals surface area contributed by atoms with Crippen molar-refractivity contribution in [3.8, 4) is 0 Å². The van der Waals surface area contributed by atoms with Gasteiger partial charge in [-0.05, 0) is 46.3 Å². The molecule has 0 radical (unpaired) electrons. The van der Waals surface area contributed by atoms with Crippen LogP contribution >= 0.6 is 15.9 Å². The zero-order valence-corrected chi connectivity index (χ0v) is 19.7. The van der Waals surface area contributed by atoms with E-state index in [2.05, 4.69) is 6.92 Å². The van der Waals surface area contributed by atoms with Crippen molar-refractivity contribution in [2.24, 2.45) is 17.8 Å². The van der Waals surface area contributed by atoms with Crippen LogP contribution in [-0.2, 0) is 14.3 Å². The lowest BCUT2D eigenvalue weighted by atomic mass is 9.77. The molecule has 0 bridgehead atoms. The number of hydrogen-bond donors (Lipinski definition) is 0. The van der Waals surface area contributed by atoms with E-state index in [1.807, 2.05) is 15.9 Å². The molecule has 0 aromatic heterocycles. The van der Waals surface area contributed by atoms with E-state index in [1.165, 1.54) is 51.4 Å². The second kappa shape index (κ2) is 11.5. The Kier molecular flexibility index (Phi) is 9.23. The molecule has 3 rings (SSSR count). The molecule has 2 aliphatic rings. The molecule has 7 heteroatoms. The van der Waals surface area contributed by atoms with Gasteiger partial charge in [-0.1, -0.05) is 64.7 Å². The van der Waals surface area contributed by atoms with Gasteiger partial charge in [-0.25, -0.2) is 8.78 Å². The summed E-state index contributed by atoms with van der Waals surface area (Å²) in [5.41, 5.74) is -1.22. The lowest BCUT2D eigenvalue weighted by Crippen LogP contribution is -2.28. The summed E-state index contributed by atoms with van der Waals surface area (Å²) >= 11 is 2.01. The van der Waals surface area contributed by atoms with E-state index in [-0.39, 0.29) is 11.5 Å². The first-order chi connectivity index (χ1) is 14.8. The third kappa shape index (κ3) is 7.16. The zero-order valence-electron chi connectivity index (χ0n) is 18.2. The summed E-state index contributed by atoms with van der Waals surface area (Å²) in [5, 5.41) is 0. The third-order valence-corrected chi connectivity index (χ3v) is 7.15. The van der Waals surface area contributed by atoms with E-state index < -0.39 is 28.3 Å². The van der Waals surface area contributed by atoms with Crippen LogP contribution in [0.1, 0.15) is 88.5 Å². The van der Waals surface area contributed by atoms with Gasteiger partial charge in [-0.3, -0.25) is 0 Å². The molecule has 1 aliphatic carbocycles. The first kappa shape index (κ1) is 25.0. The number of benzene rings is 1. The van der Waals surface area contributed by atoms with Crippen molar-refractivity contribution in [1.82, 2.24) is 0 Å². The molecule has 0 spiro atoms. The molecule has 31 heavy (non-hydrogen) atoms. The Hall–Kier alpha value is -0.660. The van der Waals surface area contributed by atoms with Crippen molar-refractivity contribution in [2.75, 3.05) is 13.2 Å². The average molecular weight is 509 g/mol. The second-order valence-electron chi connectivity index (χ2n) is 9.18. The van der Waals surface area contributed by atoms with Crippen LogP contribution in [0.25, 0.3) is 0 Å². The lowest BCUT2D eigenvalue weighted by Gasteiger charge is -2.32. The molecular weight excluding hydrogens is 476 g/mol. The van der Waals surface area contributed by atoms with Crippen LogP contribution in [-0.4, -0.2) is 13.2 Å². The lowest BCUT2D eigenvalue weighted by molar-refractivity contribution is -0.206. The number of halogens is 5. The molecule has 1 aromatic carbocycles. The normalized spacial score (nSPS) is 27.4. The number of hydrogen-bond acceptors (Lipinski definition) is 2. The van der Waals surface area contributed by atoms with E-state index >= 15 is 0 Å². The molecule has 1 aromatic rings. The summed E-state index contributed by atoms with van der Waals surface area (Å²) in [7, 11) is 0. The van der Waals surface area contributed by atoms with Gasteiger partial charge in [0.15, 0.2) is 6.29 Å². The minimum Gasteiger partial charge on any atom is -0.348 e. The van der Waals surface area contributed by atoms with Crippen molar-refractivity contribution in [3.63, 3.8) is 0 Å². The maximum atomic E-state index is 14.0. The van der Waals surface area contributed by atoms with Crippen molar-refractivity contribution < 1.29 is 27.0 Å². The monoisotopic (exact) mass is 508 g/mol. The Bertz CT molecular complexity index is 670. The molecule has 0 amide bonds. The maximum absolute atomic E-state index is 14.0. The SMILES string of the molecule is CCCCCC1CCC(CCC2COC(c3cc(F)c(C(F)(F)Br)c(F)c3)OC2)CC1. The highest BCUT2D eigenvalue weighted by molar-refractivity contribution is 9.09. The van der Waals surface area contributed by atoms with Crippen molar-refractivity contribution in [3.05, 3.63) is 34.9 Å². The molecule has 2 nitrogen and oxygen atoms in total. The van der Waals surface area contributed by atoms with Gasteiger partial charge in [0.05, 0.1) is 13.2 Å². The maximum Gasteiger partial charge on any atom is 0.332 e. The molecule has 176 valence electrons. The smallest absolute Gasteiger partial charge is 0.332 e. The first-order valence-corrected chi connectivity index (χ1v) is 12.4. The molecule has 0 unspecified atom stereocenters. The molecule has 1 saturated heterocycles. The van der Waals surface area contributed by atoms with Crippen molar-refractivity contribution in [1.29, 1.82) is 0 Å². The van der Waals surface area contributed by atoms with E-state index in [9.17, 15) is 17.6 Å². The molecule has 2 fully saturated rings. The number of rotatable bonds is 9. The van der Waals surface area contributed by atoms with E-state index in [1.54, 1.807) is 0 Å².